The number of aromatic nitrogens is 1. The molecule has 17 heavy (non-hydrogen) atoms. The van der Waals surface area contributed by atoms with Crippen LogP contribution in [0.1, 0.15) is 16.8 Å². The third-order valence-electron chi connectivity index (χ3n) is 3.27. The largest absolute Gasteiger partial charge is 0.391 e. The molecule has 0 radical (unpaired) electrons. The Morgan fingerprint density at radius 2 is 2.29 bits per heavy atom. The molecule has 0 unspecified atom stereocenters. The van der Waals surface area contributed by atoms with E-state index >= 15 is 0 Å². The summed E-state index contributed by atoms with van der Waals surface area (Å²) >= 11 is 0. The van der Waals surface area contributed by atoms with E-state index in [0.29, 0.717) is 25.1 Å². The number of likely N-dealkylation sites (tertiary alicyclic amines) is 1. The van der Waals surface area contributed by atoms with Gasteiger partial charge in [-0.1, -0.05) is 12.1 Å². The number of β-amino-alcohol motifs (C(OH)–C–C–N with tert-alkyl or cyclic N) is 1. The van der Waals surface area contributed by atoms with Crippen molar-refractivity contribution in [3.8, 4) is 0 Å². The first kappa shape index (κ1) is 10.4. The molecule has 1 atom stereocenters. The molecule has 4 nitrogen and oxygen atoms in total. The van der Waals surface area contributed by atoms with Gasteiger partial charge in [-0.2, -0.15) is 0 Å². The number of aromatic amines is 1. The average Bonchev–Trinajstić information content (AvgIpc) is 2.95. The molecule has 0 saturated carbocycles. The number of para-hydroxylation sites is 1. The number of aliphatic hydroxyl groups is 1. The van der Waals surface area contributed by atoms with Crippen molar-refractivity contribution in [1.82, 2.24) is 9.88 Å². The second-order valence-corrected chi connectivity index (χ2v) is 4.44. The number of carbonyl (C=O) groups excluding carboxylic acids is 1. The lowest BCUT2D eigenvalue weighted by Crippen LogP contribution is -2.29. The van der Waals surface area contributed by atoms with Crippen LogP contribution >= 0.6 is 0 Å². The normalized spacial score (nSPS) is 20.1. The van der Waals surface area contributed by atoms with E-state index in [0.717, 1.165) is 10.9 Å². The summed E-state index contributed by atoms with van der Waals surface area (Å²) < 4.78 is 0. The first-order valence-corrected chi connectivity index (χ1v) is 5.79. The van der Waals surface area contributed by atoms with Gasteiger partial charge in [0.05, 0.1) is 17.2 Å². The molecular weight excluding hydrogens is 216 g/mol. The monoisotopic (exact) mass is 230 g/mol. The van der Waals surface area contributed by atoms with Crippen molar-refractivity contribution in [1.29, 1.82) is 0 Å². The van der Waals surface area contributed by atoms with E-state index < -0.39 is 0 Å². The first-order chi connectivity index (χ1) is 8.25. The van der Waals surface area contributed by atoms with Gasteiger partial charge < -0.3 is 15.0 Å². The molecule has 2 heterocycles. The van der Waals surface area contributed by atoms with Crippen LogP contribution in [-0.4, -0.2) is 40.1 Å². The van der Waals surface area contributed by atoms with Gasteiger partial charge in [0.1, 0.15) is 0 Å². The Morgan fingerprint density at radius 3 is 3.06 bits per heavy atom. The summed E-state index contributed by atoms with van der Waals surface area (Å²) in [6, 6.07) is 7.63. The number of H-pyrrole nitrogens is 1. The quantitative estimate of drug-likeness (QED) is 0.777. The van der Waals surface area contributed by atoms with Gasteiger partial charge in [0.25, 0.3) is 5.91 Å². The fourth-order valence-electron chi connectivity index (χ4n) is 2.36. The highest BCUT2D eigenvalue weighted by Crippen LogP contribution is 2.20. The second kappa shape index (κ2) is 3.89. The maximum Gasteiger partial charge on any atom is 0.256 e. The van der Waals surface area contributed by atoms with Crippen molar-refractivity contribution >= 4 is 16.8 Å². The smallest absolute Gasteiger partial charge is 0.256 e. The standard InChI is InChI=1S/C13H14N2O2/c16-10-5-7-15(8-10)13(17)11-3-1-2-9-4-6-14-12(9)11/h1-4,6,10,14,16H,5,7-8H2/t10-/m0/s1. The number of fused-ring (bicyclic) bond motifs is 1. The molecule has 1 aromatic carbocycles. The zero-order chi connectivity index (χ0) is 11.8. The molecule has 1 aromatic heterocycles. The summed E-state index contributed by atoms with van der Waals surface area (Å²) in [7, 11) is 0. The summed E-state index contributed by atoms with van der Waals surface area (Å²) in [5, 5.41) is 10.5. The molecule has 0 bridgehead atoms. The maximum atomic E-state index is 12.3. The van der Waals surface area contributed by atoms with Crippen LogP contribution in [0.4, 0.5) is 0 Å². The van der Waals surface area contributed by atoms with Crippen LogP contribution in [0.3, 0.4) is 0 Å². The van der Waals surface area contributed by atoms with Gasteiger partial charge in [-0.25, -0.2) is 0 Å². The molecule has 3 rings (SSSR count). The van der Waals surface area contributed by atoms with Gasteiger partial charge in [0.2, 0.25) is 0 Å². The average molecular weight is 230 g/mol. The minimum absolute atomic E-state index is 0.00500. The number of nitrogens with one attached hydrogen (secondary N) is 1. The lowest BCUT2D eigenvalue weighted by Gasteiger charge is -2.15. The topological polar surface area (TPSA) is 56.3 Å². The van der Waals surface area contributed by atoms with Gasteiger partial charge in [0.15, 0.2) is 0 Å². The first-order valence-electron chi connectivity index (χ1n) is 5.79. The van der Waals surface area contributed by atoms with Crippen LogP contribution in [0.25, 0.3) is 10.9 Å². The lowest BCUT2D eigenvalue weighted by molar-refractivity contribution is 0.0766. The molecule has 2 aromatic rings. The van der Waals surface area contributed by atoms with E-state index in [-0.39, 0.29) is 12.0 Å². The molecule has 1 amide bonds. The van der Waals surface area contributed by atoms with Crippen LogP contribution in [0.15, 0.2) is 30.5 Å². The van der Waals surface area contributed by atoms with Crippen LogP contribution in [-0.2, 0) is 0 Å². The second-order valence-electron chi connectivity index (χ2n) is 4.44. The van der Waals surface area contributed by atoms with Crippen molar-refractivity contribution in [3.05, 3.63) is 36.0 Å². The maximum absolute atomic E-state index is 12.3. The minimum atomic E-state index is -0.373. The van der Waals surface area contributed by atoms with Gasteiger partial charge in [-0.15, -0.1) is 0 Å². The van der Waals surface area contributed by atoms with Gasteiger partial charge >= 0.3 is 0 Å². The van der Waals surface area contributed by atoms with Crippen molar-refractivity contribution in [2.24, 2.45) is 0 Å². The van der Waals surface area contributed by atoms with E-state index in [1.807, 2.05) is 30.5 Å². The Bertz CT molecular complexity index is 561. The summed E-state index contributed by atoms with van der Waals surface area (Å²) in [4.78, 5) is 17.1. The van der Waals surface area contributed by atoms with Crippen LogP contribution in [0.2, 0.25) is 0 Å². The third kappa shape index (κ3) is 1.70. The lowest BCUT2D eigenvalue weighted by atomic mass is 10.1. The minimum Gasteiger partial charge on any atom is -0.391 e. The molecule has 2 N–H and O–H groups in total. The molecule has 88 valence electrons. The predicted octanol–water partition coefficient (Wildman–Crippen LogP) is 1.37. The fourth-order valence-corrected chi connectivity index (χ4v) is 2.36. The van der Waals surface area contributed by atoms with E-state index in [1.165, 1.54) is 0 Å². The number of benzene rings is 1. The summed E-state index contributed by atoms with van der Waals surface area (Å²) in [6.07, 6.45) is 2.13. The number of hydrogen-bond acceptors (Lipinski definition) is 2. The molecule has 4 heteroatoms. The van der Waals surface area contributed by atoms with Gasteiger partial charge in [-0.3, -0.25) is 4.79 Å². The van der Waals surface area contributed by atoms with Crippen molar-refractivity contribution < 1.29 is 9.90 Å². The Kier molecular flexibility index (Phi) is 2.37. The number of aliphatic hydroxyl groups excluding tert-OH is 1. The SMILES string of the molecule is O=C(c1cccc2cc[nH]c12)N1CC[C@H](O)C1. The van der Waals surface area contributed by atoms with E-state index in [4.69, 9.17) is 0 Å². The highest BCUT2D eigenvalue weighted by Gasteiger charge is 2.26. The highest BCUT2D eigenvalue weighted by molar-refractivity contribution is 6.05. The fraction of sp³-hybridized carbons (Fsp3) is 0.308. The molecule has 0 spiro atoms. The van der Waals surface area contributed by atoms with E-state index in [2.05, 4.69) is 4.98 Å². The Balaban J connectivity index is 1.98. The Hall–Kier alpha value is -1.81. The number of hydrogen-bond donors (Lipinski definition) is 2. The Labute approximate surface area is 98.9 Å². The predicted molar refractivity (Wildman–Crippen MR) is 64.8 cm³/mol. The summed E-state index contributed by atoms with van der Waals surface area (Å²) in [6.45, 7) is 1.08. The highest BCUT2D eigenvalue weighted by atomic mass is 16.3. The van der Waals surface area contributed by atoms with Crippen molar-refractivity contribution in [3.63, 3.8) is 0 Å². The number of carbonyl (C=O) groups is 1. The summed E-state index contributed by atoms with van der Waals surface area (Å²) in [5.74, 6) is -0.00500. The van der Waals surface area contributed by atoms with Crippen LogP contribution < -0.4 is 0 Å². The molecule has 1 fully saturated rings. The van der Waals surface area contributed by atoms with Crippen LogP contribution in [0, 0.1) is 0 Å². The van der Waals surface area contributed by atoms with Gasteiger partial charge in [-0.05, 0) is 18.6 Å². The van der Waals surface area contributed by atoms with Crippen molar-refractivity contribution in [2.45, 2.75) is 12.5 Å². The van der Waals surface area contributed by atoms with Crippen LogP contribution in [0.5, 0.6) is 0 Å². The van der Waals surface area contributed by atoms with Gasteiger partial charge in [0, 0.05) is 24.7 Å². The third-order valence-corrected chi connectivity index (χ3v) is 3.27. The van der Waals surface area contributed by atoms with E-state index in [9.17, 15) is 9.90 Å². The molecule has 1 aliphatic heterocycles. The van der Waals surface area contributed by atoms with Crippen molar-refractivity contribution in [2.75, 3.05) is 13.1 Å². The zero-order valence-corrected chi connectivity index (χ0v) is 9.39. The number of nitrogens with zero attached hydrogens (tertiary/aromatic N) is 1. The number of rotatable bonds is 1. The molecule has 1 saturated heterocycles. The zero-order valence-electron chi connectivity index (χ0n) is 9.39. The van der Waals surface area contributed by atoms with E-state index in [1.54, 1.807) is 4.90 Å². The molecular formula is C13H14N2O2. The molecule has 0 aliphatic carbocycles. The summed E-state index contributed by atoms with van der Waals surface area (Å²) in [5.41, 5.74) is 1.56. The number of amides is 1. The molecule has 1 aliphatic rings. The Morgan fingerprint density at radius 1 is 1.41 bits per heavy atom.